The van der Waals surface area contributed by atoms with Crippen LogP contribution in [0.3, 0.4) is 0 Å². The van der Waals surface area contributed by atoms with E-state index >= 15 is 0 Å². The van der Waals surface area contributed by atoms with E-state index in [0.717, 1.165) is 11.0 Å². The van der Waals surface area contributed by atoms with E-state index in [4.69, 9.17) is 0 Å². The summed E-state index contributed by atoms with van der Waals surface area (Å²) in [6.45, 7) is 4.02. The van der Waals surface area contributed by atoms with Gasteiger partial charge in [-0.05, 0) is 37.6 Å². The predicted octanol–water partition coefficient (Wildman–Crippen LogP) is 3.22. The van der Waals surface area contributed by atoms with E-state index < -0.39 is 11.7 Å². The Morgan fingerprint density at radius 2 is 2.15 bits per heavy atom. The third kappa shape index (κ3) is 3.14. The van der Waals surface area contributed by atoms with Crippen molar-refractivity contribution in [1.29, 1.82) is 0 Å². The molecule has 2 amide bonds. The lowest BCUT2D eigenvalue weighted by molar-refractivity contribution is -0.123. The molecular weight excluding hydrogens is 349 g/mol. The van der Waals surface area contributed by atoms with Crippen LogP contribution >= 0.6 is 0 Å². The van der Waals surface area contributed by atoms with Crippen molar-refractivity contribution >= 4 is 34.2 Å². The normalized spacial score (nSPS) is 16.3. The van der Waals surface area contributed by atoms with Gasteiger partial charge in [0, 0.05) is 23.5 Å². The molecular formula is C19H18FN5O2. The topological polar surface area (TPSA) is 88.9 Å². The summed E-state index contributed by atoms with van der Waals surface area (Å²) in [5.41, 5.74) is 2.18. The first-order valence-corrected chi connectivity index (χ1v) is 8.66. The van der Waals surface area contributed by atoms with Gasteiger partial charge in [-0.2, -0.15) is 5.10 Å². The molecule has 7 nitrogen and oxygen atoms in total. The molecule has 0 saturated carbocycles. The highest BCUT2D eigenvalue weighted by atomic mass is 19.1. The van der Waals surface area contributed by atoms with Crippen molar-refractivity contribution in [2.75, 3.05) is 10.6 Å². The molecule has 0 spiro atoms. The lowest BCUT2D eigenvalue weighted by Gasteiger charge is -2.24. The molecule has 4 rings (SSSR count). The van der Waals surface area contributed by atoms with Crippen LogP contribution in [0.1, 0.15) is 37.8 Å². The van der Waals surface area contributed by atoms with Crippen LogP contribution in [0.2, 0.25) is 0 Å². The number of halogens is 1. The predicted molar refractivity (Wildman–Crippen MR) is 98.9 cm³/mol. The van der Waals surface area contributed by atoms with Gasteiger partial charge >= 0.3 is 0 Å². The Morgan fingerprint density at radius 3 is 2.93 bits per heavy atom. The number of nitrogens with one attached hydrogen (secondary N) is 2. The third-order valence-corrected chi connectivity index (χ3v) is 4.56. The number of rotatable bonds is 3. The summed E-state index contributed by atoms with van der Waals surface area (Å²) >= 11 is 0. The van der Waals surface area contributed by atoms with Crippen molar-refractivity contribution in [3.8, 4) is 0 Å². The summed E-state index contributed by atoms with van der Waals surface area (Å²) in [4.78, 5) is 29.1. The number of hydrogen-bond donors (Lipinski definition) is 2. The Bertz CT molecular complexity index is 1060. The molecule has 1 atom stereocenters. The number of aromatic nitrogens is 3. The van der Waals surface area contributed by atoms with Gasteiger partial charge in [0.1, 0.15) is 5.82 Å². The molecule has 27 heavy (non-hydrogen) atoms. The van der Waals surface area contributed by atoms with E-state index in [1.165, 1.54) is 18.2 Å². The molecule has 2 aromatic heterocycles. The van der Waals surface area contributed by atoms with Gasteiger partial charge < -0.3 is 10.6 Å². The van der Waals surface area contributed by atoms with Crippen molar-refractivity contribution in [1.82, 2.24) is 14.8 Å². The highest BCUT2D eigenvalue weighted by Crippen LogP contribution is 2.33. The molecule has 138 valence electrons. The quantitative estimate of drug-likeness (QED) is 0.744. The Kier molecular flexibility index (Phi) is 4.10. The van der Waals surface area contributed by atoms with Crippen LogP contribution in [-0.2, 0) is 9.59 Å². The SMILES string of the molecule is CC(C)n1ncc2cc(NC(=O)[C@H]3CC(=O)Nc4cc(F)ccc43)cnc21. The van der Waals surface area contributed by atoms with Gasteiger partial charge in [0.25, 0.3) is 0 Å². The Balaban J connectivity index is 1.61. The molecule has 0 fully saturated rings. The number of hydrogen-bond acceptors (Lipinski definition) is 4. The third-order valence-electron chi connectivity index (χ3n) is 4.56. The van der Waals surface area contributed by atoms with E-state index in [1.54, 1.807) is 23.1 Å². The number of nitrogens with zero attached hydrogens (tertiary/aromatic N) is 3. The second kappa shape index (κ2) is 6.46. The maximum Gasteiger partial charge on any atom is 0.232 e. The molecule has 0 aliphatic carbocycles. The number of carbonyl (C=O) groups is 2. The van der Waals surface area contributed by atoms with Crippen LogP contribution in [-0.4, -0.2) is 26.6 Å². The fourth-order valence-corrected chi connectivity index (χ4v) is 3.29. The van der Waals surface area contributed by atoms with Crippen molar-refractivity contribution in [2.45, 2.75) is 32.2 Å². The van der Waals surface area contributed by atoms with Gasteiger partial charge in [0.15, 0.2) is 5.65 Å². The summed E-state index contributed by atoms with van der Waals surface area (Å²) in [5, 5.41) is 10.5. The van der Waals surface area contributed by atoms with Crippen molar-refractivity contribution in [3.05, 3.63) is 48.0 Å². The molecule has 0 bridgehead atoms. The lowest BCUT2D eigenvalue weighted by atomic mass is 9.89. The Labute approximate surface area is 154 Å². The zero-order valence-corrected chi connectivity index (χ0v) is 14.9. The fraction of sp³-hybridized carbons (Fsp3) is 0.263. The average Bonchev–Trinajstić information content (AvgIpc) is 3.04. The van der Waals surface area contributed by atoms with Crippen LogP contribution in [0.15, 0.2) is 36.7 Å². The van der Waals surface area contributed by atoms with Gasteiger partial charge in [0.2, 0.25) is 11.8 Å². The first-order chi connectivity index (χ1) is 12.9. The summed E-state index contributed by atoms with van der Waals surface area (Å²) in [6, 6.07) is 6.00. The van der Waals surface area contributed by atoms with Gasteiger partial charge in [-0.15, -0.1) is 0 Å². The monoisotopic (exact) mass is 367 g/mol. The van der Waals surface area contributed by atoms with Crippen molar-refractivity contribution in [3.63, 3.8) is 0 Å². The van der Waals surface area contributed by atoms with E-state index in [-0.39, 0.29) is 24.3 Å². The molecule has 3 heterocycles. The molecule has 8 heteroatoms. The lowest BCUT2D eigenvalue weighted by Crippen LogP contribution is -2.30. The van der Waals surface area contributed by atoms with Gasteiger partial charge in [-0.25, -0.2) is 14.1 Å². The molecule has 0 saturated heterocycles. The van der Waals surface area contributed by atoms with Crippen LogP contribution in [0, 0.1) is 5.82 Å². The standard InChI is InChI=1S/C19H18FN5O2/c1-10(2)25-18-11(8-22-25)5-13(9-21-18)23-19(27)15-7-17(26)24-16-6-12(20)3-4-14(15)16/h3-6,8-10,15H,7H2,1-2H3,(H,23,27)(H,24,26)/t15-/m0/s1. The van der Waals surface area contributed by atoms with E-state index in [9.17, 15) is 14.0 Å². The summed E-state index contributed by atoms with van der Waals surface area (Å²) in [7, 11) is 0. The second-order valence-electron chi connectivity index (χ2n) is 6.85. The van der Waals surface area contributed by atoms with Gasteiger partial charge in [-0.3, -0.25) is 9.59 Å². The average molecular weight is 367 g/mol. The number of benzene rings is 1. The minimum Gasteiger partial charge on any atom is -0.326 e. The molecule has 1 aliphatic rings. The Hall–Kier alpha value is -3.29. The maximum absolute atomic E-state index is 13.4. The largest absolute Gasteiger partial charge is 0.326 e. The zero-order chi connectivity index (χ0) is 19.1. The van der Waals surface area contributed by atoms with Crippen molar-refractivity contribution < 1.29 is 14.0 Å². The summed E-state index contributed by atoms with van der Waals surface area (Å²) < 4.78 is 15.2. The van der Waals surface area contributed by atoms with Crippen LogP contribution < -0.4 is 10.6 Å². The first kappa shape index (κ1) is 17.1. The molecule has 0 radical (unpaired) electrons. The van der Waals surface area contributed by atoms with Crippen LogP contribution in [0.5, 0.6) is 0 Å². The van der Waals surface area contributed by atoms with E-state index in [1.807, 2.05) is 13.8 Å². The minimum atomic E-state index is -0.691. The fourth-order valence-electron chi connectivity index (χ4n) is 3.29. The maximum atomic E-state index is 13.4. The smallest absolute Gasteiger partial charge is 0.232 e. The highest BCUT2D eigenvalue weighted by molar-refractivity contribution is 6.05. The van der Waals surface area contributed by atoms with Crippen molar-refractivity contribution in [2.24, 2.45) is 0 Å². The number of pyridine rings is 1. The Morgan fingerprint density at radius 1 is 1.33 bits per heavy atom. The summed E-state index contributed by atoms with van der Waals surface area (Å²) in [6.07, 6.45) is 3.27. The number of anilines is 2. The minimum absolute atomic E-state index is 0.00538. The highest BCUT2D eigenvalue weighted by Gasteiger charge is 2.31. The molecule has 1 aromatic carbocycles. The number of fused-ring (bicyclic) bond motifs is 2. The summed E-state index contributed by atoms with van der Waals surface area (Å²) in [5.74, 6) is -1.81. The molecule has 3 aromatic rings. The zero-order valence-electron chi connectivity index (χ0n) is 14.9. The van der Waals surface area contributed by atoms with Crippen LogP contribution in [0.4, 0.5) is 15.8 Å². The van der Waals surface area contributed by atoms with Gasteiger partial charge in [-0.1, -0.05) is 6.07 Å². The second-order valence-corrected chi connectivity index (χ2v) is 6.85. The first-order valence-electron chi connectivity index (χ1n) is 8.66. The van der Waals surface area contributed by atoms with E-state index in [2.05, 4.69) is 20.7 Å². The number of amides is 2. The molecule has 2 N–H and O–H groups in total. The number of carbonyl (C=O) groups excluding carboxylic acids is 2. The van der Waals surface area contributed by atoms with E-state index in [0.29, 0.717) is 16.9 Å². The van der Waals surface area contributed by atoms with Gasteiger partial charge in [0.05, 0.1) is 24.0 Å². The van der Waals surface area contributed by atoms with Crippen LogP contribution in [0.25, 0.3) is 11.0 Å². The molecule has 1 aliphatic heterocycles. The molecule has 0 unspecified atom stereocenters.